The number of hydrogen-bond acceptors (Lipinski definition) is 6. The molecule has 1 heterocycles. The number of sulfone groups is 1. The van der Waals surface area contributed by atoms with E-state index >= 15 is 0 Å². The Labute approximate surface area is 155 Å². The monoisotopic (exact) mass is 389 g/mol. The first-order valence-corrected chi connectivity index (χ1v) is 9.67. The van der Waals surface area contributed by atoms with Crippen molar-refractivity contribution in [1.29, 1.82) is 0 Å². The van der Waals surface area contributed by atoms with E-state index in [9.17, 15) is 17.6 Å². The number of hydrogen-bond donors (Lipinski definition) is 1. The van der Waals surface area contributed by atoms with Gasteiger partial charge in [-0.25, -0.2) is 12.8 Å². The van der Waals surface area contributed by atoms with Gasteiger partial charge >= 0.3 is 6.01 Å². The third kappa shape index (κ3) is 4.76. The Morgan fingerprint density at radius 1 is 1.15 bits per heavy atom. The number of rotatable bonds is 6. The smallest absolute Gasteiger partial charge is 0.322 e. The van der Waals surface area contributed by atoms with Gasteiger partial charge in [-0.3, -0.25) is 10.1 Å². The third-order valence-electron chi connectivity index (χ3n) is 3.72. The number of halogens is 1. The Balaban J connectivity index is 1.60. The molecule has 0 fully saturated rings. The molecule has 9 heteroatoms. The van der Waals surface area contributed by atoms with Crippen LogP contribution in [0.5, 0.6) is 0 Å². The molecule has 140 valence electrons. The summed E-state index contributed by atoms with van der Waals surface area (Å²) >= 11 is 0. The molecule has 1 amide bonds. The number of nitrogens with zero attached hydrogens (tertiary/aromatic N) is 2. The summed E-state index contributed by atoms with van der Waals surface area (Å²) in [5.41, 5.74) is 1.31. The number of aryl methyl sites for hydroxylation is 1. The minimum absolute atomic E-state index is 0.0390. The predicted molar refractivity (Wildman–Crippen MR) is 96.2 cm³/mol. The SMILES string of the molecule is Cc1ccc(S(=O)(=O)CCC(=O)Nc2nnc(-c3cccc(F)c3)o2)cc1. The van der Waals surface area contributed by atoms with Gasteiger partial charge in [0, 0.05) is 12.0 Å². The molecule has 0 unspecified atom stereocenters. The van der Waals surface area contributed by atoms with Gasteiger partial charge in [0.15, 0.2) is 9.84 Å². The number of amides is 1. The van der Waals surface area contributed by atoms with E-state index < -0.39 is 21.6 Å². The highest BCUT2D eigenvalue weighted by molar-refractivity contribution is 7.91. The first-order valence-electron chi connectivity index (χ1n) is 8.02. The fourth-order valence-corrected chi connectivity index (χ4v) is 3.52. The van der Waals surface area contributed by atoms with Crippen LogP contribution < -0.4 is 5.32 Å². The van der Waals surface area contributed by atoms with E-state index in [1.165, 1.54) is 30.3 Å². The van der Waals surface area contributed by atoms with Crippen molar-refractivity contribution >= 4 is 21.8 Å². The summed E-state index contributed by atoms with van der Waals surface area (Å²) < 4.78 is 43.0. The van der Waals surface area contributed by atoms with E-state index in [2.05, 4.69) is 15.5 Å². The summed E-state index contributed by atoms with van der Waals surface area (Å²) in [6.45, 7) is 1.85. The van der Waals surface area contributed by atoms with Crippen LogP contribution in [0, 0.1) is 12.7 Å². The maximum Gasteiger partial charge on any atom is 0.322 e. The predicted octanol–water partition coefficient (Wildman–Crippen LogP) is 2.99. The number of anilines is 1. The van der Waals surface area contributed by atoms with Crippen molar-refractivity contribution in [2.45, 2.75) is 18.2 Å². The second-order valence-corrected chi connectivity index (χ2v) is 7.96. The Kier molecular flexibility index (Phi) is 5.31. The lowest BCUT2D eigenvalue weighted by molar-refractivity contribution is -0.115. The Bertz CT molecular complexity index is 1060. The average molecular weight is 389 g/mol. The maximum atomic E-state index is 13.2. The molecule has 3 rings (SSSR count). The van der Waals surface area contributed by atoms with Crippen molar-refractivity contribution < 1.29 is 22.0 Å². The average Bonchev–Trinajstić information content (AvgIpc) is 3.09. The van der Waals surface area contributed by atoms with Gasteiger partial charge in [-0.15, -0.1) is 5.10 Å². The van der Waals surface area contributed by atoms with Crippen molar-refractivity contribution in [1.82, 2.24) is 10.2 Å². The molecule has 0 bridgehead atoms. The van der Waals surface area contributed by atoms with Crippen LogP contribution in [0.3, 0.4) is 0 Å². The van der Waals surface area contributed by atoms with Gasteiger partial charge in [0.2, 0.25) is 11.8 Å². The maximum absolute atomic E-state index is 13.2. The van der Waals surface area contributed by atoms with Crippen LogP contribution in [0.2, 0.25) is 0 Å². The lowest BCUT2D eigenvalue weighted by atomic mass is 10.2. The van der Waals surface area contributed by atoms with Crippen LogP contribution in [0.15, 0.2) is 57.8 Å². The largest absolute Gasteiger partial charge is 0.403 e. The van der Waals surface area contributed by atoms with Crippen LogP contribution >= 0.6 is 0 Å². The highest BCUT2D eigenvalue weighted by Crippen LogP contribution is 2.20. The minimum atomic E-state index is -3.58. The van der Waals surface area contributed by atoms with Gasteiger partial charge in [-0.2, -0.15) is 0 Å². The molecule has 0 spiro atoms. The molecule has 27 heavy (non-hydrogen) atoms. The molecule has 0 saturated carbocycles. The molecule has 2 aromatic carbocycles. The van der Waals surface area contributed by atoms with Gasteiger partial charge in [0.25, 0.3) is 0 Å². The number of carbonyl (C=O) groups excluding carboxylic acids is 1. The topological polar surface area (TPSA) is 102 Å². The van der Waals surface area contributed by atoms with Crippen molar-refractivity contribution in [3.63, 3.8) is 0 Å². The zero-order valence-corrected chi connectivity index (χ0v) is 15.2. The summed E-state index contributed by atoms with van der Waals surface area (Å²) in [7, 11) is -3.58. The van der Waals surface area contributed by atoms with E-state index in [0.717, 1.165) is 5.56 Å². The Hall–Kier alpha value is -3.07. The number of nitrogens with one attached hydrogen (secondary N) is 1. The molecule has 7 nitrogen and oxygen atoms in total. The lowest BCUT2D eigenvalue weighted by Crippen LogP contribution is -2.17. The van der Waals surface area contributed by atoms with Crippen LogP contribution in [-0.2, 0) is 14.6 Å². The third-order valence-corrected chi connectivity index (χ3v) is 5.45. The van der Waals surface area contributed by atoms with E-state index in [1.807, 2.05) is 6.92 Å². The molecule has 0 saturated heterocycles. The highest BCUT2D eigenvalue weighted by atomic mass is 32.2. The molecular formula is C18H16FN3O4S. The normalized spacial score (nSPS) is 11.3. The van der Waals surface area contributed by atoms with Crippen molar-refractivity contribution in [2.75, 3.05) is 11.1 Å². The van der Waals surface area contributed by atoms with Crippen molar-refractivity contribution in [3.8, 4) is 11.5 Å². The highest BCUT2D eigenvalue weighted by Gasteiger charge is 2.18. The summed E-state index contributed by atoms with van der Waals surface area (Å²) in [5, 5.41) is 9.73. The number of aromatic nitrogens is 2. The molecule has 1 N–H and O–H groups in total. The van der Waals surface area contributed by atoms with E-state index in [0.29, 0.717) is 5.56 Å². The number of carbonyl (C=O) groups is 1. The fourth-order valence-electron chi connectivity index (χ4n) is 2.28. The number of benzene rings is 2. The first-order chi connectivity index (χ1) is 12.8. The van der Waals surface area contributed by atoms with Crippen molar-refractivity contribution in [3.05, 3.63) is 59.9 Å². The molecule has 0 aliphatic carbocycles. The second kappa shape index (κ2) is 7.67. The van der Waals surface area contributed by atoms with Gasteiger partial charge in [0.1, 0.15) is 5.82 Å². The van der Waals surface area contributed by atoms with Gasteiger partial charge in [-0.05, 0) is 37.3 Å². The second-order valence-electron chi connectivity index (χ2n) is 5.85. The summed E-state index contributed by atoms with van der Waals surface area (Å²) in [6.07, 6.45) is -0.270. The minimum Gasteiger partial charge on any atom is -0.403 e. The Morgan fingerprint density at radius 2 is 1.89 bits per heavy atom. The molecule has 1 aromatic heterocycles. The van der Waals surface area contributed by atoms with Gasteiger partial charge in [-0.1, -0.05) is 28.9 Å². The van der Waals surface area contributed by atoms with Crippen LogP contribution in [0.4, 0.5) is 10.4 Å². The fraction of sp³-hybridized carbons (Fsp3) is 0.167. The van der Waals surface area contributed by atoms with E-state index in [4.69, 9.17) is 4.42 Å². The molecule has 0 aliphatic heterocycles. The van der Waals surface area contributed by atoms with E-state index in [1.54, 1.807) is 18.2 Å². The van der Waals surface area contributed by atoms with Gasteiger partial charge in [0.05, 0.1) is 10.6 Å². The van der Waals surface area contributed by atoms with Crippen LogP contribution in [-0.4, -0.2) is 30.3 Å². The molecule has 0 radical (unpaired) electrons. The van der Waals surface area contributed by atoms with Crippen LogP contribution in [0.25, 0.3) is 11.5 Å². The zero-order chi connectivity index (χ0) is 19.4. The summed E-state index contributed by atoms with van der Waals surface area (Å²) in [4.78, 5) is 12.1. The van der Waals surface area contributed by atoms with Crippen molar-refractivity contribution in [2.24, 2.45) is 0 Å². The lowest BCUT2D eigenvalue weighted by Gasteiger charge is -2.04. The quantitative estimate of drug-likeness (QED) is 0.695. The Morgan fingerprint density at radius 3 is 2.59 bits per heavy atom. The standard InChI is InChI=1S/C18H16FN3O4S/c1-12-5-7-15(8-6-12)27(24,25)10-9-16(23)20-18-22-21-17(26-18)13-3-2-4-14(19)11-13/h2-8,11H,9-10H2,1H3,(H,20,22,23). The summed E-state index contributed by atoms with van der Waals surface area (Å²) in [5.74, 6) is -1.36. The molecule has 0 aliphatic rings. The first kappa shape index (κ1) is 18.7. The molecule has 0 atom stereocenters. The molecular weight excluding hydrogens is 373 g/mol. The van der Waals surface area contributed by atoms with Crippen LogP contribution in [0.1, 0.15) is 12.0 Å². The molecule has 3 aromatic rings. The van der Waals surface area contributed by atoms with E-state index in [-0.39, 0.29) is 29.0 Å². The zero-order valence-electron chi connectivity index (χ0n) is 14.3. The summed E-state index contributed by atoms with van der Waals surface area (Å²) in [6, 6.07) is 11.8. The van der Waals surface area contributed by atoms with Gasteiger partial charge < -0.3 is 4.42 Å².